The first-order chi connectivity index (χ1) is 9.86. The summed E-state index contributed by atoms with van der Waals surface area (Å²) in [6.07, 6.45) is 7.02. The van der Waals surface area contributed by atoms with Crippen molar-refractivity contribution in [3.05, 3.63) is 30.5 Å². The van der Waals surface area contributed by atoms with E-state index >= 15 is 0 Å². The molecule has 0 amide bonds. The Kier molecular flexibility index (Phi) is 4.11. The second kappa shape index (κ2) is 6.18. The van der Waals surface area contributed by atoms with Crippen LogP contribution in [0.5, 0.6) is 0 Å². The average Bonchev–Trinajstić information content (AvgIpc) is 2.53. The van der Waals surface area contributed by atoms with E-state index in [0.717, 1.165) is 29.9 Å². The van der Waals surface area contributed by atoms with Gasteiger partial charge < -0.3 is 11.1 Å². The summed E-state index contributed by atoms with van der Waals surface area (Å²) < 4.78 is 0. The number of nitrogens with two attached hydrogens (primary N) is 1. The molecule has 1 aliphatic rings. The number of nitrogens with one attached hydrogen (secondary N) is 1. The summed E-state index contributed by atoms with van der Waals surface area (Å²) >= 11 is 0. The molecule has 20 heavy (non-hydrogen) atoms. The minimum absolute atomic E-state index is 0.657. The van der Waals surface area contributed by atoms with Crippen LogP contribution in [0.25, 0.3) is 11.0 Å². The number of hydrogen-bond acceptors (Lipinski definition) is 4. The van der Waals surface area contributed by atoms with Crippen LogP contribution < -0.4 is 11.1 Å². The third-order valence-electron chi connectivity index (χ3n) is 4.36. The van der Waals surface area contributed by atoms with Gasteiger partial charge in [-0.05, 0) is 43.4 Å². The van der Waals surface area contributed by atoms with E-state index in [1.807, 2.05) is 30.5 Å². The summed E-state index contributed by atoms with van der Waals surface area (Å²) in [6, 6.07) is 7.96. The van der Waals surface area contributed by atoms with Crippen LogP contribution in [0, 0.1) is 11.8 Å². The third-order valence-corrected chi connectivity index (χ3v) is 4.36. The Morgan fingerprint density at radius 3 is 2.65 bits per heavy atom. The number of nitrogens with zero attached hydrogens (tertiary/aromatic N) is 2. The summed E-state index contributed by atoms with van der Waals surface area (Å²) in [4.78, 5) is 9.04. The molecule has 4 nitrogen and oxygen atoms in total. The number of rotatable bonds is 4. The van der Waals surface area contributed by atoms with Gasteiger partial charge in [0.1, 0.15) is 5.82 Å². The molecule has 1 aromatic carbocycles. The first kappa shape index (κ1) is 13.3. The van der Waals surface area contributed by atoms with Crippen molar-refractivity contribution in [1.82, 2.24) is 9.97 Å². The van der Waals surface area contributed by atoms with Gasteiger partial charge in [-0.3, -0.25) is 4.98 Å². The molecule has 0 bridgehead atoms. The Labute approximate surface area is 119 Å². The van der Waals surface area contributed by atoms with E-state index in [1.54, 1.807) is 0 Å². The molecular formula is C16H22N4. The number of anilines is 1. The van der Waals surface area contributed by atoms with Gasteiger partial charge >= 0.3 is 0 Å². The SMILES string of the molecule is NCC1CCCCC1CNc1cnc2ccccc2n1. The Morgan fingerprint density at radius 2 is 1.85 bits per heavy atom. The normalized spacial score (nSPS) is 22.9. The standard InChI is InChI=1S/C16H22N4/c17-9-12-5-1-2-6-13(12)10-19-16-11-18-14-7-3-4-8-15(14)20-16/h3-4,7-8,11-13H,1-2,5-6,9-10,17H2,(H,19,20). The van der Waals surface area contributed by atoms with Crippen molar-refractivity contribution >= 4 is 16.9 Å². The molecule has 1 aromatic heterocycles. The maximum Gasteiger partial charge on any atom is 0.145 e. The van der Waals surface area contributed by atoms with Crippen LogP contribution >= 0.6 is 0 Å². The minimum atomic E-state index is 0.657. The van der Waals surface area contributed by atoms with E-state index in [-0.39, 0.29) is 0 Å². The molecule has 1 heterocycles. The highest BCUT2D eigenvalue weighted by Gasteiger charge is 2.23. The maximum absolute atomic E-state index is 5.88. The number of para-hydroxylation sites is 2. The number of benzene rings is 1. The fourth-order valence-electron chi connectivity index (χ4n) is 3.14. The highest BCUT2D eigenvalue weighted by Crippen LogP contribution is 2.29. The lowest BCUT2D eigenvalue weighted by atomic mass is 9.79. The zero-order valence-corrected chi connectivity index (χ0v) is 11.8. The molecule has 0 spiro atoms. The maximum atomic E-state index is 5.88. The predicted octanol–water partition coefficient (Wildman–Crippen LogP) is 2.81. The van der Waals surface area contributed by atoms with Gasteiger partial charge in [0.15, 0.2) is 0 Å². The van der Waals surface area contributed by atoms with Crippen LogP contribution in [-0.2, 0) is 0 Å². The third kappa shape index (κ3) is 2.90. The number of aromatic nitrogens is 2. The van der Waals surface area contributed by atoms with E-state index in [9.17, 15) is 0 Å². The fourth-order valence-corrected chi connectivity index (χ4v) is 3.14. The van der Waals surface area contributed by atoms with Crippen LogP contribution in [0.1, 0.15) is 25.7 Å². The molecule has 1 saturated carbocycles. The fraction of sp³-hybridized carbons (Fsp3) is 0.500. The molecule has 2 unspecified atom stereocenters. The summed E-state index contributed by atoms with van der Waals surface area (Å²) in [5.41, 5.74) is 7.76. The molecule has 3 rings (SSSR count). The monoisotopic (exact) mass is 270 g/mol. The van der Waals surface area contributed by atoms with Crippen LogP contribution in [0.3, 0.4) is 0 Å². The molecule has 106 valence electrons. The molecule has 2 aromatic rings. The quantitative estimate of drug-likeness (QED) is 0.896. The van der Waals surface area contributed by atoms with E-state index < -0.39 is 0 Å². The van der Waals surface area contributed by atoms with Gasteiger partial charge in [-0.1, -0.05) is 25.0 Å². The van der Waals surface area contributed by atoms with Gasteiger partial charge in [0.25, 0.3) is 0 Å². The molecular weight excluding hydrogens is 248 g/mol. The lowest BCUT2D eigenvalue weighted by Crippen LogP contribution is -2.31. The van der Waals surface area contributed by atoms with Crippen LogP contribution in [0.4, 0.5) is 5.82 Å². The Balaban J connectivity index is 1.67. The first-order valence-electron chi connectivity index (χ1n) is 7.52. The predicted molar refractivity (Wildman–Crippen MR) is 82.5 cm³/mol. The van der Waals surface area contributed by atoms with Gasteiger partial charge in [0, 0.05) is 6.54 Å². The zero-order chi connectivity index (χ0) is 13.8. The van der Waals surface area contributed by atoms with Gasteiger partial charge in [0.05, 0.1) is 17.2 Å². The van der Waals surface area contributed by atoms with Crippen LogP contribution in [0.15, 0.2) is 30.5 Å². The topological polar surface area (TPSA) is 63.8 Å². The van der Waals surface area contributed by atoms with Crippen LogP contribution in [-0.4, -0.2) is 23.1 Å². The average molecular weight is 270 g/mol. The molecule has 0 saturated heterocycles. The van der Waals surface area contributed by atoms with Crippen molar-refractivity contribution < 1.29 is 0 Å². The van der Waals surface area contributed by atoms with E-state index in [0.29, 0.717) is 11.8 Å². The Bertz CT molecular complexity index is 569. The summed E-state index contributed by atoms with van der Waals surface area (Å²) in [6.45, 7) is 1.75. The molecule has 2 atom stereocenters. The van der Waals surface area contributed by atoms with Gasteiger partial charge in [-0.25, -0.2) is 4.98 Å². The van der Waals surface area contributed by atoms with E-state index in [2.05, 4.69) is 15.3 Å². The van der Waals surface area contributed by atoms with Crippen molar-refractivity contribution in [2.45, 2.75) is 25.7 Å². The molecule has 0 aliphatic heterocycles. The lowest BCUT2D eigenvalue weighted by molar-refractivity contribution is 0.255. The van der Waals surface area contributed by atoms with Gasteiger partial charge in [-0.2, -0.15) is 0 Å². The molecule has 1 fully saturated rings. The molecule has 4 heteroatoms. The van der Waals surface area contributed by atoms with Crippen molar-refractivity contribution in [3.8, 4) is 0 Å². The number of hydrogen-bond donors (Lipinski definition) is 2. The Hall–Kier alpha value is -1.68. The summed E-state index contributed by atoms with van der Waals surface area (Å²) in [7, 11) is 0. The second-order valence-electron chi connectivity index (χ2n) is 5.67. The lowest BCUT2D eigenvalue weighted by Gasteiger charge is -2.30. The molecule has 0 radical (unpaired) electrons. The number of fused-ring (bicyclic) bond motifs is 1. The van der Waals surface area contributed by atoms with E-state index in [1.165, 1.54) is 25.7 Å². The Morgan fingerprint density at radius 1 is 1.10 bits per heavy atom. The minimum Gasteiger partial charge on any atom is -0.368 e. The van der Waals surface area contributed by atoms with E-state index in [4.69, 9.17) is 5.73 Å². The summed E-state index contributed by atoms with van der Waals surface area (Å²) in [5, 5.41) is 3.44. The molecule has 3 N–H and O–H groups in total. The smallest absolute Gasteiger partial charge is 0.145 e. The van der Waals surface area contributed by atoms with Crippen LogP contribution in [0.2, 0.25) is 0 Å². The molecule has 1 aliphatic carbocycles. The largest absolute Gasteiger partial charge is 0.368 e. The first-order valence-corrected chi connectivity index (χ1v) is 7.52. The zero-order valence-electron chi connectivity index (χ0n) is 11.8. The van der Waals surface area contributed by atoms with Crippen molar-refractivity contribution in [3.63, 3.8) is 0 Å². The van der Waals surface area contributed by atoms with Crippen molar-refractivity contribution in [2.75, 3.05) is 18.4 Å². The van der Waals surface area contributed by atoms with Gasteiger partial charge in [-0.15, -0.1) is 0 Å². The highest BCUT2D eigenvalue weighted by atomic mass is 15.0. The summed E-state index contributed by atoms with van der Waals surface area (Å²) in [5.74, 6) is 2.19. The highest BCUT2D eigenvalue weighted by molar-refractivity contribution is 5.75. The van der Waals surface area contributed by atoms with Gasteiger partial charge in [0.2, 0.25) is 0 Å². The second-order valence-corrected chi connectivity index (χ2v) is 5.67. The van der Waals surface area contributed by atoms with Crippen molar-refractivity contribution in [2.24, 2.45) is 17.6 Å². The van der Waals surface area contributed by atoms with Crippen molar-refractivity contribution in [1.29, 1.82) is 0 Å².